The predicted octanol–water partition coefficient (Wildman–Crippen LogP) is 3.71. The van der Waals surface area contributed by atoms with E-state index in [4.69, 9.17) is 4.42 Å². The van der Waals surface area contributed by atoms with Crippen LogP contribution in [0.1, 0.15) is 24.8 Å². The van der Waals surface area contributed by atoms with Gasteiger partial charge < -0.3 is 9.73 Å². The molecule has 98 valence electrons. The van der Waals surface area contributed by atoms with Gasteiger partial charge in [0.15, 0.2) is 0 Å². The molecule has 1 saturated heterocycles. The van der Waals surface area contributed by atoms with Crippen LogP contribution in [0.2, 0.25) is 0 Å². The predicted molar refractivity (Wildman–Crippen MR) is 72.8 cm³/mol. The maximum Gasteiger partial charge on any atom is 0.140 e. The monoisotopic (exact) mass is 269 g/mol. The number of fused-ring (bicyclic) bond motifs is 1. The fourth-order valence-corrected chi connectivity index (χ4v) is 2.82. The third kappa shape index (κ3) is 2.13. The molecule has 1 fully saturated rings. The lowest BCUT2D eigenvalue weighted by molar-refractivity contribution is 0.341. The standard InChI is InChI=1S/C14H16FNO.ClH/c1-9-8-16-6-4-11(9)13-12(15)3-2-10-5-7-17-14(10)13;/h2-3,5,7,9,11,16H,4,6,8H2,1H3;1H/t9-,11+;/m0./s1. The van der Waals surface area contributed by atoms with Gasteiger partial charge >= 0.3 is 0 Å². The van der Waals surface area contributed by atoms with Gasteiger partial charge in [0.1, 0.15) is 11.4 Å². The molecule has 2 aromatic rings. The van der Waals surface area contributed by atoms with Crippen molar-refractivity contribution in [1.82, 2.24) is 5.32 Å². The second-order valence-electron chi connectivity index (χ2n) is 4.88. The molecule has 1 aliphatic rings. The molecular weight excluding hydrogens is 253 g/mol. The minimum absolute atomic E-state index is 0. The van der Waals surface area contributed by atoms with E-state index in [0.29, 0.717) is 5.92 Å². The number of benzene rings is 1. The molecule has 0 amide bonds. The molecule has 0 saturated carbocycles. The normalized spacial score (nSPS) is 23.9. The molecule has 1 aromatic carbocycles. The van der Waals surface area contributed by atoms with E-state index in [0.717, 1.165) is 36.0 Å². The van der Waals surface area contributed by atoms with Crippen LogP contribution in [-0.4, -0.2) is 13.1 Å². The molecule has 1 N–H and O–H groups in total. The molecule has 1 aliphatic heterocycles. The van der Waals surface area contributed by atoms with Gasteiger partial charge in [0.25, 0.3) is 0 Å². The Labute approximate surface area is 112 Å². The number of halogens is 2. The second kappa shape index (κ2) is 5.29. The maximum atomic E-state index is 14.1. The van der Waals surface area contributed by atoms with Crippen LogP contribution in [0.3, 0.4) is 0 Å². The van der Waals surface area contributed by atoms with E-state index in [1.807, 2.05) is 6.07 Å². The Kier molecular flexibility index (Phi) is 3.93. The van der Waals surface area contributed by atoms with Crippen LogP contribution in [0.25, 0.3) is 11.0 Å². The topological polar surface area (TPSA) is 25.2 Å². The molecule has 1 aromatic heterocycles. The van der Waals surface area contributed by atoms with E-state index in [9.17, 15) is 4.39 Å². The van der Waals surface area contributed by atoms with Crippen molar-refractivity contribution in [2.24, 2.45) is 5.92 Å². The lowest BCUT2D eigenvalue weighted by Crippen LogP contribution is -2.34. The molecule has 3 rings (SSSR count). The van der Waals surface area contributed by atoms with Crippen molar-refractivity contribution in [3.8, 4) is 0 Å². The van der Waals surface area contributed by atoms with Gasteiger partial charge in [-0.15, -0.1) is 12.4 Å². The fourth-order valence-electron chi connectivity index (χ4n) is 2.82. The Balaban J connectivity index is 0.00000120. The van der Waals surface area contributed by atoms with E-state index in [1.54, 1.807) is 18.4 Å². The summed E-state index contributed by atoms with van der Waals surface area (Å²) in [4.78, 5) is 0. The zero-order valence-corrected chi connectivity index (χ0v) is 11.1. The first kappa shape index (κ1) is 13.4. The summed E-state index contributed by atoms with van der Waals surface area (Å²) in [5.41, 5.74) is 1.49. The van der Waals surface area contributed by atoms with Crippen molar-refractivity contribution >= 4 is 23.4 Å². The summed E-state index contributed by atoms with van der Waals surface area (Å²) in [5.74, 6) is 0.561. The summed E-state index contributed by atoms with van der Waals surface area (Å²) in [6.07, 6.45) is 2.61. The second-order valence-corrected chi connectivity index (χ2v) is 4.88. The molecule has 18 heavy (non-hydrogen) atoms. The number of nitrogens with one attached hydrogen (secondary N) is 1. The Bertz CT molecular complexity index is 540. The summed E-state index contributed by atoms with van der Waals surface area (Å²) in [7, 11) is 0. The van der Waals surface area contributed by atoms with Crippen LogP contribution < -0.4 is 5.32 Å². The fraction of sp³-hybridized carbons (Fsp3) is 0.429. The van der Waals surface area contributed by atoms with Crippen molar-refractivity contribution < 1.29 is 8.81 Å². The molecule has 2 heterocycles. The third-order valence-electron chi connectivity index (χ3n) is 3.76. The van der Waals surface area contributed by atoms with Gasteiger partial charge in [-0.3, -0.25) is 0 Å². The zero-order valence-electron chi connectivity index (χ0n) is 10.3. The highest BCUT2D eigenvalue weighted by Crippen LogP contribution is 2.36. The van der Waals surface area contributed by atoms with Crippen LogP contribution in [0.15, 0.2) is 28.9 Å². The lowest BCUT2D eigenvalue weighted by atomic mass is 9.81. The van der Waals surface area contributed by atoms with E-state index < -0.39 is 0 Å². The Morgan fingerprint density at radius 1 is 1.33 bits per heavy atom. The van der Waals surface area contributed by atoms with Gasteiger partial charge in [-0.25, -0.2) is 4.39 Å². The summed E-state index contributed by atoms with van der Waals surface area (Å²) in [6.45, 7) is 4.06. The highest BCUT2D eigenvalue weighted by Gasteiger charge is 2.27. The van der Waals surface area contributed by atoms with Gasteiger partial charge in [0.05, 0.1) is 6.26 Å². The average Bonchev–Trinajstić information content (AvgIpc) is 2.79. The Morgan fingerprint density at radius 2 is 2.17 bits per heavy atom. The molecule has 2 atom stereocenters. The van der Waals surface area contributed by atoms with Gasteiger partial charge in [0.2, 0.25) is 0 Å². The SMILES string of the molecule is C[C@H]1CNCC[C@H]1c1c(F)ccc2ccoc12.Cl. The molecular formula is C14H17ClFNO. The number of hydrogen-bond acceptors (Lipinski definition) is 2. The number of furan rings is 1. The smallest absolute Gasteiger partial charge is 0.140 e. The Morgan fingerprint density at radius 3 is 2.94 bits per heavy atom. The molecule has 4 heteroatoms. The quantitative estimate of drug-likeness (QED) is 0.854. The molecule has 0 bridgehead atoms. The van der Waals surface area contributed by atoms with Crippen LogP contribution in [-0.2, 0) is 0 Å². The minimum Gasteiger partial charge on any atom is -0.464 e. The van der Waals surface area contributed by atoms with Crippen molar-refractivity contribution in [2.45, 2.75) is 19.3 Å². The number of rotatable bonds is 1. The number of piperidine rings is 1. The molecule has 0 radical (unpaired) electrons. The number of hydrogen-bond donors (Lipinski definition) is 1. The van der Waals surface area contributed by atoms with E-state index >= 15 is 0 Å². The van der Waals surface area contributed by atoms with Gasteiger partial charge in [-0.05, 0) is 49.5 Å². The average molecular weight is 270 g/mol. The molecule has 0 spiro atoms. The van der Waals surface area contributed by atoms with E-state index in [1.165, 1.54) is 0 Å². The molecule has 2 nitrogen and oxygen atoms in total. The van der Waals surface area contributed by atoms with Crippen LogP contribution >= 0.6 is 12.4 Å². The largest absolute Gasteiger partial charge is 0.464 e. The minimum atomic E-state index is -0.133. The summed E-state index contributed by atoms with van der Waals surface area (Å²) < 4.78 is 19.5. The van der Waals surface area contributed by atoms with Crippen molar-refractivity contribution in [3.63, 3.8) is 0 Å². The van der Waals surface area contributed by atoms with Gasteiger partial charge in [-0.1, -0.05) is 6.92 Å². The molecule has 0 unspecified atom stereocenters. The lowest BCUT2D eigenvalue weighted by Gasteiger charge is -2.30. The van der Waals surface area contributed by atoms with Gasteiger partial charge in [-0.2, -0.15) is 0 Å². The van der Waals surface area contributed by atoms with Crippen LogP contribution in [0.4, 0.5) is 4.39 Å². The first-order valence-electron chi connectivity index (χ1n) is 6.13. The summed E-state index contributed by atoms with van der Waals surface area (Å²) in [5, 5.41) is 4.34. The summed E-state index contributed by atoms with van der Waals surface area (Å²) >= 11 is 0. The first-order valence-corrected chi connectivity index (χ1v) is 6.13. The van der Waals surface area contributed by atoms with Gasteiger partial charge in [0, 0.05) is 10.9 Å². The summed E-state index contributed by atoms with van der Waals surface area (Å²) in [6, 6.07) is 5.23. The third-order valence-corrected chi connectivity index (χ3v) is 3.76. The highest BCUT2D eigenvalue weighted by atomic mass is 35.5. The highest BCUT2D eigenvalue weighted by molar-refractivity contribution is 5.85. The zero-order chi connectivity index (χ0) is 11.8. The van der Waals surface area contributed by atoms with E-state index in [-0.39, 0.29) is 24.1 Å². The first-order chi connectivity index (χ1) is 8.27. The maximum absolute atomic E-state index is 14.1. The van der Waals surface area contributed by atoms with Crippen molar-refractivity contribution in [1.29, 1.82) is 0 Å². The van der Waals surface area contributed by atoms with Crippen molar-refractivity contribution in [3.05, 3.63) is 35.8 Å². The molecule has 0 aliphatic carbocycles. The van der Waals surface area contributed by atoms with Crippen LogP contribution in [0.5, 0.6) is 0 Å². The van der Waals surface area contributed by atoms with E-state index in [2.05, 4.69) is 12.2 Å². The van der Waals surface area contributed by atoms with Crippen molar-refractivity contribution in [2.75, 3.05) is 13.1 Å². The van der Waals surface area contributed by atoms with Crippen LogP contribution in [0, 0.1) is 11.7 Å². The Hall–Kier alpha value is -1.06.